The van der Waals surface area contributed by atoms with Crippen LogP contribution in [-0.2, 0) is 5.41 Å². The van der Waals surface area contributed by atoms with Gasteiger partial charge in [-0.15, -0.1) is 0 Å². The van der Waals surface area contributed by atoms with Gasteiger partial charge in [0.2, 0.25) is 0 Å². The Kier molecular flexibility index (Phi) is 6.62. The summed E-state index contributed by atoms with van der Waals surface area (Å²) < 4.78 is 2.46. The highest BCUT2D eigenvalue weighted by Gasteiger charge is 2.38. The third-order valence-electron chi connectivity index (χ3n) is 11.4. The first-order chi connectivity index (χ1) is 26.0. The van der Waals surface area contributed by atoms with E-state index in [1.54, 1.807) is 0 Å². The van der Waals surface area contributed by atoms with Crippen LogP contribution in [0.4, 0.5) is 0 Å². The molecule has 6 aromatic carbocycles. The zero-order valence-corrected chi connectivity index (χ0v) is 30.2. The molecule has 53 heavy (non-hydrogen) atoms. The van der Waals surface area contributed by atoms with Crippen LogP contribution >= 0.6 is 11.8 Å². The fourth-order valence-electron chi connectivity index (χ4n) is 8.89. The van der Waals surface area contributed by atoms with Crippen LogP contribution in [0.5, 0.6) is 0 Å². The van der Waals surface area contributed by atoms with E-state index in [2.05, 4.69) is 152 Å². The van der Waals surface area contributed by atoms with Crippen molar-refractivity contribution in [2.24, 2.45) is 0 Å². The number of para-hydroxylation sites is 1. The van der Waals surface area contributed by atoms with Crippen molar-refractivity contribution in [2.75, 3.05) is 0 Å². The summed E-state index contributed by atoms with van der Waals surface area (Å²) in [5.41, 5.74) is 13.3. The van der Waals surface area contributed by atoms with Gasteiger partial charge in [-0.25, -0.2) is 15.0 Å². The molecule has 0 N–H and O–H groups in total. The van der Waals surface area contributed by atoms with Crippen molar-refractivity contribution in [3.63, 3.8) is 0 Å². The van der Waals surface area contributed by atoms with Crippen molar-refractivity contribution in [3.8, 4) is 39.6 Å². The molecule has 4 nitrogen and oxygen atoms in total. The molecular formula is C48H34N4S. The van der Waals surface area contributed by atoms with Crippen LogP contribution in [0.25, 0.3) is 67.0 Å². The Labute approximate surface area is 312 Å². The Morgan fingerprint density at radius 3 is 2.17 bits per heavy atom. The molecule has 3 heterocycles. The molecule has 0 saturated carbocycles. The molecule has 0 saturated heterocycles. The second kappa shape index (κ2) is 11.5. The molecule has 2 aromatic heterocycles. The van der Waals surface area contributed by atoms with Crippen LogP contribution in [-0.4, -0.2) is 19.5 Å². The number of thioether (sulfide) groups is 1. The number of hydrogen-bond donors (Lipinski definition) is 0. The van der Waals surface area contributed by atoms with E-state index in [0.717, 1.165) is 28.8 Å². The first-order valence-electron chi connectivity index (χ1n) is 18.3. The number of hydrogen-bond acceptors (Lipinski definition) is 4. The van der Waals surface area contributed by atoms with Crippen molar-refractivity contribution in [1.29, 1.82) is 0 Å². The quantitative estimate of drug-likeness (QED) is 0.183. The van der Waals surface area contributed by atoms with Gasteiger partial charge in [0.25, 0.3) is 0 Å². The predicted molar refractivity (Wildman–Crippen MR) is 218 cm³/mol. The van der Waals surface area contributed by atoms with E-state index in [1.165, 1.54) is 59.4 Å². The lowest BCUT2D eigenvalue weighted by atomic mass is 9.81. The Morgan fingerprint density at radius 2 is 1.32 bits per heavy atom. The minimum Gasteiger partial charge on any atom is -0.309 e. The number of fused-ring (bicyclic) bond motifs is 10. The van der Waals surface area contributed by atoms with Gasteiger partial charge in [-0.3, -0.25) is 0 Å². The molecular weight excluding hydrogens is 665 g/mol. The third kappa shape index (κ3) is 4.60. The molecule has 252 valence electrons. The molecule has 5 heteroatoms. The maximum Gasteiger partial charge on any atom is 0.164 e. The second-order valence-corrected chi connectivity index (χ2v) is 15.9. The van der Waals surface area contributed by atoms with E-state index in [-0.39, 0.29) is 5.41 Å². The van der Waals surface area contributed by atoms with E-state index in [9.17, 15) is 0 Å². The van der Waals surface area contributed by atoms with E-state index < -0.39 is 0 Å². The summed E-state index contributed by atoms with van der Waals surface area (Å²) in [4.78, 5) is 18.0. The van der Waals surface area contributed by atoms with Gasteiger partial charge in [0.1, 0.15) is 0 Å². The van der Waals surface area contributed by atoms with Crippen molar-refractivity contribution < 1.29 is 0 Å². The lowest BCUT2D eigenvalue weighted by molar-refractivity contribution is 0.664. The van der Waals surface area contributed by atoms with Gasteiger partial charge in [0.15, 0.2) is 17.5 Å². The Bertz CT molecular complexity index is 2860. The lowest BCUT2D eigenvalue weighted by Crippen LogP contribution is -2.16. The third-order valence-corrected chi connectivity index (χ3v) is 12.6. The molecule has 0 bridgehead atoms. The van der Waals surface area contributed by atoms with Gasteiger partial charge < -0.3 is 4.57 Å². The maximum atomic E-state index is 5.15. The van der Waals surface area contributed by atoms with E-state index >= 15 is 0 Å². The number of aromatic nitrogens is 4. The maximum absolute atomic E-state index is 5.15. The van der Waals surface area contributed by atoms with E-state index in [1.807, 2.05) is 30.0 Å². The van der Waals surface area contributed by atoms with Crippen LogP contribution < -0.4 is 0 Å². The van der Waals surface area contributed by atoms with Crippen LogP contribution in [0, 0.1) is 0 Å². The lowest BCUT2D eigenvalue weighted by Gasteiger charge is -2.23. The second-order valence-electron chi connectivity index (χ2n) is 14.8. The van der Waals surface area contributed by atoms with Gasteiger partial charge in [0, 0.05) is 49.4 Å². The normalized spacial score (nSPS) is 16.5. The zero-order chi connectivity index (χ0) is 35.3. The molecule has 0 spiro atoms. The average Bonchev–Trinajstić information content (AvgIpc) is 3.83. The van der Waals surface area contributed by atoms with Crippen LogP contribution in [0.2, 0.25) is 0 Å². The van der Waals surface area contributed by atoms with Gasteiger partial charge in [-0.1, -0.05) is 135 Å². The highest BCUT2D eigenvalue weighted by molar-refractivity contribution is 8.03. The van der Waals surface area contributed by atoms with Gasteiger partial charge in [-0.2, -0.15) is 0 Å². The fourth-order valence-corrected chi connectivity index (χ4v) is 10.2. The van der Waals surface area contributed by atoms with Gasteiger partial charge in [-0.05, 0) is 81.6 Å². The Hall–Kier alpha value is -6.04. The molecule has 1 atom stereocenters. The molecule has 1 unspecified atom stereocenters. The number of nitrogens with zero attached hydrogens (tertiary/aromatic N) is 4. The Morgan fingerprint density at radius 1 is 0.623 bits per heavy atom. The summed E-state index contributed by atoms with van der Waals surface area (Å²) in [7, 11) is 0. The molecule has 2 aliphatic carbocycles. The molecule has 0 radical (unpaired) electrons. The average molecular weight is 699 g/mol. The Balaban J connectivity index is 1.04. The van der Waals surface area contributed by atoms with Crippen molar-refractivity contribution in [1.82, 2.24) is 19.5 Å². The summed E-state index contributed by atoms with van der Waals surface area (Å²) in [5.74, 6) is 2.46. The minimum atomic E-state index is -0.143. The van der Waals surface area contributed by atoms with Crippen molar-refractivity contribution in [2.45, 2.75) is 36.5 Å². The molecule has 8 aromatic rings. The van der Waals surface area contributed by atoms with Gasteiger partial charge in [0.05, 0.1) is 11.0 Å². The van der Waals surface area contributed by atoms with Gasteiger partial charge >= 0.3 is 0 Å². The topological polar surface area (TPSA) is 43.6 Å². The standard InChI is InChI=1S/C48H34N4S/c1-48(2)39-17-9-6-14-33(39)37-26-27-38-34-15-7-10-18-40(34)52(44(38)43(37)48)32-23-20-30(21-24-32)46-49-45(29-12-4-3-5-13-29)50-47(51-46)31-22-25-36-35-16-8-11-19-41(35)53-42(36)28-31/h3-24,26-28,36H,25H2,1-2H3. The van der Waals surface area contributed by atoms with Crippen LogP contribution in [0.1, 0.15) is 48.7 Å². The number of rotatable bonds is 4. The SMILES string of the molecule is CC1(C)c2ccccc2-c2ccc3c4ccccc4n(-c4ccc(-c5nc(C6=CCC7C(=C6)Sc6ccccc67)nc(-c6ccccc6)n5)cc4)c3c21. The fraction of sp³-hybridized carbons (Fsp3) is 0.104. The van der Waals surface area contributed by atoms with Crippen LogP contribution in [0.3, 0.4) is 0 Å². The monoisotopic (exact) mass is 698 g/mol. The minimum absolute atomic E-state index is 0.143. The first kappa shape index (κ1) is 30.6. The highest BCUT2D eigenvalue weighted by Crippen LogP contribution is 2.54. The molecule has 0 amide bonds. The summed E-state index contributed by atoms with van der Waals surface area (Å²) in [6, 6.07) is 50.1. The molecule has 11 rings (SSSR count). The molecule has 1 aliphatic heterocycles. The van der Waals surface area contributed by atoms with E-state index in [4.69, 9.17) is 15.0 Å². The predicted octanol–water partition coefficient (Wildman–Crippen LogP) is 12.2. The summed E-state index contributed by atoms with van der Waals surface area (Å²) in [6.07, 6.45) is 5.52. The van der Waals surface area contributed by atoms with Crippen molar-refractivity contribution in [3.05, 3.63) is 179 Å². The van der Waals surface area contributed by atoms with Crippen molar-refractivity contribution >= 4 is 39.1 Å². The molecule has 0 fully saturated rings. The summed E-state index contributed by atoms with van der Waals surface area (Å²) in [6.45, 7) is 4.74. The largest absolute Gasteiger partial charge is 0.309 e. The molecule has 3 aliphatic rings. The van der Waals surface area contributed by atoms with Crippen LogP contribution in [0.15, 0.2) is 161 Å². The zero-order valence-electron chi connectivity index (χ0n) is 29.4. The summed E-state index contributed by atoms with van der Waals surface area (Å²) in [5, 5.41) is 2.54. The number of benzene rings is 6. The summed E-state index contributed by atoms with van der Waals surface area (Å²) >= 11 is 1.87. The highest BCUT2D eigenvalue weighted by atomic mass is 32.2. The number of allylic oxidation sites excluding steroid dienone is 4. The smallest absolute Gasteiger partial charge is 0.164 e. The first-order valence-corrected chi connectivity index (χ1v) is 19.1. The van der Waals surface area contributed by atoms with E-state index in [0.29, 0.717) is 23.4 Å².